The van der Waals surface area contributed by atoms with Crippen LogP contribution in [0.2, 0.25) is 0 Å². The smallest absolute Gasteiger partial charge is 0.252 e. The van der Waals surface area contributed by atoms with Crippen LogP contribution in [-0.2, 0) is 21.3 Å². The van der Waals surface area contributed by atoms with E-state index in [1.807, 2.05) is 20.0 Å². The van der Waals surface area contributed by atoms with Crippen LogP contribution < -0.4 is 5.32 Å². The molecule has 1 aromatic heterocycles. The zero-order valence-electron chi connectivity index (χ0n) is 11.0. The van der Waals surface area contributed by atoms with Crippen LogP contribution in [-0.4, -0.2) is 46.6 Å². The number of methoxy groups -OCH3 is 1. The average molecular weight is 292 g/mol. The first-order valence-corrected chi connectivity index (χ1v) is 8.04. The van der Waals surface area contributed by atoms with E-state index in [1.165, 1.54) is 15.6 Å². The Kier molecular flexibility index (Phi) is 6.24. The fourth-order valence-corrected chi connectivity index (χ4v) is 4.49. The van der Waals surface area contributed by atoms with Gasteiger partial charge in [0.1, 0.15) is 4.21 Å². The van der Waals surface area contributed by atoms with Gasteiger partial charge in [-0.05, 0) is 19.2 Å². The summed E-state index contributed by atoms with van der Waals surface area (Å²) in [6.45, 7) is 3.75. The van der Waals surface area contributed by atoms with Gasteiger partial charge in [0, 0.05) is 31.6 Å². The van der Waals surface area contributed by atoms with Crippen molar-refractivity contribution in [1.82, 2.24) is 9.62 Å². The molecule has 0 bridgehead atoms. The van der Waals surface area contributed by atoms with E-state index in [-0.39, 0.29) is 0 Å². The van der Waals surface area contributed by atoms with Crippen LogP contribution in [0.4, 0.5) is 0 Å². The summed E-state index contributed by atoms with van der Waals surface area (Å²) in [5, 5.41) is 3.01. The van der Waals surface area contributed by atoms with Gasteiger partial charge in [0.25, 0.3) is 10.0 Å². The van der Waals surface area contributed by atoms with Gasteiger partial charge in [0.05, 0.1) is 6.61 Å². The van der Waals surface area contributed by atoms with Gasteiger partial charge in [0.15, 0.2) is 0 Å². The van der Waals surface area contributed by atoms with Gasteiger partial charge in [-0.3, -0.25) is 0 Å². The van der Waals surface area contributed by atoms with Crippen LogP contribution in [0.1, 0.15) is 11.8 Å². The van der Waals surface area contributed by atoms with E-state index < -0.39 is 10.0 Å². The lowest BCUT2D eigenvalue weighted by atomic mass is 10.5. The lowest BCUT2D eigenvalue weighted by Gasteiger charge is -2.18. The Morgan fingerprint density at radius 1 is 1.44 bits per heavy atom. The van der Waals surface area contributed by atoms with Crippen molar-refractivity contribution in [2.24, 2.45) is 0 Å². The first-order chi connectivity index (χ1) is 8.56. The van der Waals surface area contributed by atoms with Gasteiger partial charge in [-0.1, -0.05) is 6.92 Å². The van der Waals surface area contributed by atoms with Crippen molar-refractivity contribution in [2.75, 3.05) is 33.9 Å². The Bertz CT molecular complexity index is 457. The van der Waals surface area contributed by atoms with Crippen LogP contribution in [0.3, 0.4) is 0 Å². The molecule has 0 radical (unpaired) electrons. The van der Waals surface area contributed by atoms with Crippen molar-refractivity contribution in [3.05, 3.63) is 17.0 Å². The lowest BCUT2D eigenvalue weighted by molar-refractivity contribution is 0.180. The number of hydrogen-bond acceptors (Lipinski definition) is 5. The summed E-state index contributed by atoms with van der Waals surface area (Å²) < 4.78 is 31.5. The van der Waals surface area contributed by atoms with Gasteiger partial charge in [-0.15, -0.1) is 11.3 Å². The zero-order chi connectivity index (χ0) is 13.6. The Morgan fingerprint density at radius 2 is 2.17 bits per heavy atom. The average Bonchev–Trinajstić information content (AvgIpc) is 2.79. The molecule has 0 unspecified atom stereocenters. The van der Waals surface area contributed by atoms with Gasteiger partial charge in [0.2, 0.25) is 0 Å². The van der Waals surface area contributed by atoms with Crippen LogP contribution in [0, 0.1) is 0 Å². The van der Waals surface area contributed by atoms with Crippen LogP contribution in [0.15, 0.2) is 16.3 Å². The molecule has 0 spiro atoms. The third-order valence-corrected chi connectivity index (χ3v) is 6.01. The molecule has 18 heavy (non-hydrogen) atoms. The Labute approximate surface area is 113 Å². The van der Waals surface area contributed by atoms with E-state index in [4.69, 9.17) is 4.74 Å². The minimum absolute atomic E-state index is 0.384. The first kappa shape index (κ1) is 15.6. The molecule has 0 aromatic carbocycles. The largest absolute Gasteiger partial charge is 0.383 e. The molecule has 0 aliphatic heterocycles. The van der Waals surface area contributed by atoms with Crippen LogP contribution >= 0.6 is 11.3 Å². The third kappa shape index (κ3) is 3.76. The molecule has 0 saturated carbocycles. The summed E-state index contributed by atoms with van der Waals surface area (Å²) in [6.07, 6.45) is 0. The summed E-state index contributed by atoms with van der Waals surface area (Å²) >= 11 is 1.31. The SMILES string of the molecule is CCN(CCOC)S(=O)(=O)c1ccc(CNC)s1. The quantitative estimate of drug-likeness (QED) is 0.780. The Morgan fingerprint density at radius 3 is 2.72 bits per heavy atom. The van der Waals surface area contributed by atoms with E-state index in [2.05, 4.69) is 5.32 Å². The number of sulfonamides is 1. The minimum Gasteiger partial charge on any atom is -0.383 e. The highest BCUT2D eigenvalue weighted by atomic mass is 32.2. The molecule has 0 aliphatic carbocycles. The predicted octanol–water partition coefficient (Wildman–Crippen LogP) is 1.12. The second kappa shape index (κ2) is 7.20. The summed E-state index contributed by atoms with van der Waals surface area (Å²) in [5.74, 6) is 0. The molecule has 0 atom stereocenters. The number of likely N-dealkylation sites (N-methyl/N-ethyl adjacent to an activating group) is 1. The number of rotatable bonds is 8. The molecule has 0 fully saturated rings. The molecule has 0 aliphatic rings. The highest BCUT2D eigenvalue weighted by Gasteiger charge is 2.24. The molecule has 1 rings (SSSR count). The summed E-state index contributed by atoms with van der Waals surface area (Å²) in [6, 6.07) is 3.51. The molecule has 1 N–H and O–H groups in total. The summed E-state index contributed by atoms with van der Waals surface area (Å²) in [7, 11) is 0.0274. The molecule has 104 valence electrons. The van der Waals surface area contributed by atoms with Crippen LogP contribution in [0.25, 0.3) is 0 Å². The maximum atomic E-state index is 12.3. The van der Waals surface area contributed by atoms with Crippen molar-refractivity contribution in [2.45, 2.75) is 17.7 Å². The van der Waals surface area contributed by atoms with Gasteiger partial charge in [-0.25, -0.2) is 8.42 Å². The summed E-state index contributed by atoms with van der Waals surface area (Å²) in [4.78, 5) is 1.01. The normalized spacial score (nSPS) is 12.2. The van der Waals surface area contributed by atoms with Crippen molar-refractivity contribution in [3.63, 3.8) is 0 Å². The van der Waals surface area contributed by atoms with E-state index in [0.29, 0.717) is 30.5 Å². The monoisotopic (exact) mass is 292 g/mol. The molecule has 0 saturated heterocycles. The van der Waals surface area contributed by atoms with Crippen molar-refractivity contribution < 1.29 is 13.2 Å². The Balaban J connectivity index is 2.88. The number of ether oxygens (including phenoxy) is 1. The molecule has 0 amide bonds. The maximum Gasteiger partial charge on any atom is 0.252 e. The van der Waals surface area contributed by atoms with Crippen LogP contribution in [0.5, 0.6) is 0 Å². The Hall–Kier alpha value is -0.470. The highest BCUT2D eigenvalue weighted by Crippen LogP contribution is 2.24. The second-order valence-corrected chi connectivity index (χ2v) is 7.07. The first-order valence-electron chi connectivity index (χ1n) is 5.78. The van der Waals surface area contributed by atoms with Crippen molar-refractivity contribution in [1.29, 1.82) is 0 Å². The molecule has 1 aromatic rings. The van der Waals surface area contributed by atoms with E-state index in [9.17, 15) is 8.42 Å². The summed E-state index contributed by atoms with van der Waals surface area (Å²) in [5.41, 5.74) is 0. The van der Waals surface area contributed by atoms with E-state index in [0.717, 1.165) is 4.88 Å². The molecule has 7 heteroatoms. The molecular formula is C11H20N2O3S2. The fourth-order valence-electron chi connectivity index (χ4n) is 1.53. The fraction of sp³-hybridized carbons (Fsp3) is 0.636. The second-order valence-electron chi connectivity index (χ2n) is 3.74. The number of nitrogens with one attached hydrogen (secondary N) is 1. The minimum atomic E-state index is -3.38. The standard InChI is InChI=1S/C11H20N2O3S2/c1-4-13(7-8-16-3)18(14,15)11-6-5-10(17-11)9-12-2/h5-6,12H,4,7-9H2,1-3H3. The molecule has 5 nitrogen and oxygen atoms in total. The third-order valence-electron chi connectivity index (χ3n) is 2.48. The topological polar surface area (TPSA) is 58.6 Å². The van der Waals surface area contributed by atoms with Crippen molar-refractivity contribution in [3.8, 4) is 0 Å². The predicted molar refractivity (Wildman–Crippen MR) is 73.4 cm³/mol. The number of nitrogens with zero attached hydrogens (tertiary/aromatic N) is 1. The number of hydrogen-bond donors (Lipinski definition) is 1. The van der Waals surface area contributed by atoms with Gasteiger partial charge in [-0.2, -0.15) is 4.31 Å². The number of thiophene rings is 1. The van der Waals surface area contributed by atoms with E-state index >= 15 is 0 Å². The van der Waals surface area contributed by atoms with Gasteiger partial charge < -0.3 is 10.1 Å². The van der Waals surface area contributed by atoms with Gasteiger partial charge >= 0.3 is 0 Å². The molecular weight excluding hydrogens is 272 g/mol. The molecule has 1 heterocycles. The highest BCUT2D eigenvalue weighted by molar-refractivity contribution is 7.91. The maximum absolute atomic E-state index is 12.3. The zero-order valence-corrected chi connectivity index (χ0v) is 12.6. The van der Waals surface area contributed by atoms with E-state index in [1.54, 1.807) is 13.2 Å². The lowest BCUT2D eigenvalue weighted by Crippen LogP contribution is -2.33. The van der Waals surface area contributed by atoms with Crippen molar-refractivity contribution >= 4 is 21.4 Å².